The SMILES string of the molecule is CCNCCN(CC)C1CC1. The highest BCUT2D eigenvalue weighted by molar-refractivity contribution is 4.83. The van der Waals surface area contributed by atoms with Crippen LogP contribution >= 0.6 is 0 Å². The highest BCUT2D eigenvalue weighted by atomic mass is 15.2. The Balaban J connectivity index is 2.01. The molecule has 0 amide bonds. The van der Waals surface area contributed by atoms with Crippen LogP contribution in [0.1, 0.15) is 26.7 Å². The Morgan fingerprint density at radius 2 is 2.09 bits per heavy atom. The molecule has 0 aliphatic heterocycles. The highest BCUT2D eigenvalue weighted by Crippen LogP contribution is 2.25. The van der Waals surface area contributed by atoms with E-state index in [1.165, 1.54) is 25.9 Å². The summed E-state index contributed by atoms with van der Waals surface area (Å²) in [7, 11) is 0. The molecule has 66 valence electrons. The summed E-state index contributed by atoms with van der Waals surface area (Å²) in [6.07, 6.45) is 2.86. The maximum atomic E-state index is 3.35. The molecular formula is C9H20N2. The molecule has 1 aliphatic carbocycles. The Labute approximate surface area is 70.0 Å². The molecule has 0 radical (unpaired) electrons. The van der Waals surface area contributed by atoms with Gasteiger partial charge in [-0.2, -0.15) is 0 Å². The quantitative estimate of drug-likeness (QED) is 0.579. The van der Waals surface area contributed by atoms with Gasteiger partial charge in [-0.15, -0.1) is 0 Å². The Hall–Kier alpha value is -0.0800. The molecule has 1 aliphatic rings. The number of hydrogen-bond acceptors (Lipinski definition) is 2. The average molecular weight is 156 g/mol. The molecular weight excluding hydrogens is 136 g/mol. The van der Waals surface area contributed by atoms with Crippen LogP contribution in [0.3, 0.4) is 0 Å². The van der Waals surface area contributed by atoms with Gasteiger partial charge in [-0.1, -0.05) is 13.8 Å². The number of nitrogens with zero attached hydrogens (tertiary/aromatic N) is 1. The summed E-state index contributed by atoms with van der Waals surface area (Å²) in [4.78, 5) is 2.57. The fourth-order valence-corrected chi connectivity index (χ4v) is 1.44. The molecule has 0 saturated heterocycles. The first kappa shape index (κ1) is 9.01. The molecule has 0 heterocycles. The summed E-state index contributed by atoms with van der Waals surface area (Å²) >= 11 is 0. The predicted octanol–water partition coefficient (Wildman–Crippen LogP) is 1.08. The maximum Gasteiger partial charge on any atom is 0.0110 e. The van der Waals surface area contributed by atoms with Gasteiger partial charge in [0, 0.05) is 19.1 Å². The normalized spacial score (nSPS) is 17.7. The average Bonchev–Trinajstić information content (AvgIpc) is 2.81. The molecule has 0 atom stereocenters. The van der Waals surface area contributed by atoms with Crippen molar-refractivity contribution in [2.45, 2.75) is 32.7 Å². The lowest BCUT2D eigenvalue weighted by atomic mass is 10.4. The van der Waals surface area contributed by atoms with Gasteiger partial charge in [-0.05, 0) is 25.9 Å². The topological polar surface area (TPSA) is 15.3 Å². The molecule has 1 fully saturated rings. The van der Waals surface area contributed by atoms with E-state index in [0.29, 0.717) is 0 Å². The van der Waals surface area contributed by atoms with E-state index in [2.05, 4.69) is 24.1 Å². The predicted molar refractivity (Wildman–Crippen MR) is 48.8 cm³/mol. The van der Waals surface area contributed by atoms with Crippen LogP contribution in [-0.2, 0) is 0 Å². The highest BCUT2D eigenvalue weighted by Gasteiger charge is 2.26. The van der Waals surface area contributed by atoms with Crippen molar-refractivity contribution in [1.82, 2.24) is 10.2 Å². The number of rotatable bonds is 6. The van der Waals surface area contributed by atoms with Crippen molar-refractivity contribution in [2.24, 2.45) is 0 Å². The third-order valence-electron chi connectivity index (χ3n) is 2.30. The summed E-state index contributed by atoms with van der Waals surface area (Å²) in [5.74, 6) is 0. The van der Waals surface area contributed by atoms with Crippen molar-refractivity contribution in [2.75, 3.05) is 26.2 Å². The number of hydrogen-bond donors (Lipinski definition) is 1. The zero-order valence-corrected chi connectivity index (χ0v) is 7.77. The monoisotopic (exact) mass is 156 g/mol. The Bertz CT molecular complexity index is 99.7. The summed E-state index contributed by atoms with van der Waals surface area (Å²) < 4.78 is 0. The van der Waals surface area contributed by atoms with Crippen LogP contribution in [0.4, 0.5) is 0 Å². The lowest BCUT2D eigenvalue weighted by Gasteiger charge is -2.19. The summed E-state index contributed by atoms with van der Waals surface area (Å²) in [6, 6.07) is 0.929. The number of likely N-dealkylation sites (N-methyl/N-ethyl adjacent to an activating group) is 2. The van der Waals surface area contributed by atoms with Crippen LogP contribution in [0.5, 0.6) is 0 Å². The standard InChI is InChI=1S/C9H20N2/c1-3-10-7-8-11(4-2)9-5-6-9/h9-10H,3-8H2,1-2H3. The Morgan fingerprint density at radius 1 is 1.36 bits per heavy atom. The Kier molecular flexibility index (Phi) is 3.87. The van der Waals surface area contributed by atoms with Crippen molar-refractivity contribution in [3.05, 3.63) is 0 Å². The van der Waals surface area contributed by atoms with Crippen LogP contribution in [0.15, 0.2) is 0 Å². The van der Waals surface area contributed by atoms with Crippen molar-refractivity contribution >= 4 is 0 Å². The molecule has 0 bridgehead atoms. The fourth-order valence-electron chi connectivity index (χ4n) is 1.44. The van der Waals surface area contributed by atoms with E-state index >= 15 is 0 Å². The van der Waals surface area contributed by atoms with Crippen molar-refractivity contribution < 1.29 is 0 Å². The molecule has 0 aromatic carbocycles. The summed E-state index contributed by atoms with van der Waals surface area (Å²) in [5, 5.41) is 3.35. The van der Waals surface area contributed by atoms with Crippen LogP contribution in [0.2, 0.25) is 0 Å². The van der Waals surface area contributed by atoms with Crippen molar-refractivity contribution in [3.8, 4) is 0 Å². The second kappa shape index (κ2) is 4.73. The van der Waals surface area contributed by atoms with E-state index in [1.54, 1.807) is 0 Å². The van der Waals surface area contributed by atoms with E-state index < -0.39 is 0 Å². The third-order valence-corrected chi connectivity index (χ3v) is 2.30. The molecule has 0 aromatic heterocycles. The van der Waals surface area contributed by atoms with E-state index in [0.717, 1.165) is 19.1 Å². The fraction of sp³-hybridized carbons (Fsp3) is 1.00. The molecule has 0 spiro atoms. The Morgan fingerprint density at radius 3 is 2.55 bits per heavy atom. The molecule has 2 nitrogen and oxygen atoms in total. The van der Waals surface area contributed by atoms with Gasteiger partial charge in [0.25, 0.3) is 0 Å². The van der Waals surface area contributed by atoms with Crippen molar-refractivity contribution in [1.29, 1.82) is 0 Å². The summed E-state index contributed by atoms with van der Waals surface area (Å²) in [5.41, 5.74) is 0. The van der Waals surface area contributed by atoms with Crippen molar-refractivity contribution in [3.63, 3.8) is 0 Å². The second-order valence-electron chi connectivity index (χ2n) is 3.21. The van der Waals surface area contributed by atoms with E-state index in [1.807, 2.05) is 0 Å². The van der Waals surface area contributed by atoms with E-state index in [-0.39, 0.29) is 0 Å². The first-order chi connectivity index (χ1) is 5.38. The van der Waals surface area contributed by atoms with Gasteiger partial charge in [0.1, 0.15) is 0 Å². The second-order valence-corrected chi connectivity index (χ2v) is 3.21. The largest absolute Gasteiger partial charge is 0.316 e. The van der Waals surface area contributed by atoms with Gasteiger partial charge >= 0.3 is 0 Å². The van der Waals surface area contributed by atoms with Gasteiger partial charge < -0.3 is 5.32 Å². The van der Waals surface area contributed by atoms with Gasteiger partial charge in [0.15, 0.2) is 0 Å². The molecule has 1 rings (SSSR count). The van der Waals surface area contributed by atoms with Crippen LogP contribution < -0.4 is 5.32 Å². The van der Waals surface area contributed by atoms with Gasteiger partial charge in [-0.3, -0.25) is 4.90 Å². The molecule has 11 heavy (non-hydrogen) atoms. The minimum Gasteiger partial charge on any atom is -0.316 e. The third kappa shape index (κ3) is 3.21. The maximum absolute atomic E-state index is 3.35. The molecule has 1 N–H and O–H groups in total. The smallest absolute Gasteiger partial charge is 0.0110 e. The lowest BCUT2D eigenvalue weighted by Crippen LogP contribution is -2.33. The van der Waals surface area contributed by atoms with Gasteiger partial charge in [-0.25, -0.2) is 0 Å². The summed E-state index contributed by atoms with van der Waals surface area (Å²) in [6.45, 7) is 9.12. The molecule has 2 heteroatoms. The van der Waals surface area contributed by atoms with Crippen LogP contribution in [-0.4, -0.2) is 37.1 Å². The zero-order valence-electron chi connectivity index (χ0n) is 7.77. The lowest BCUT2D eigenvalue weighted by molar-refractivity contribution is 0.278. The molecule has 0 aromatic rings. The van der Waals surface area contributed by atoms with Crippen LogP contribution in [0.25, 0.3) is 0 Å². The first-order valence-electron chi connectivity index (χ1n) is 4.83. The van der Waals surface area contributed by atoms with Gasteiger partial charge in [0.2, 0.25) is 0 Å². The minimum atomic E-state index is 0.929. The molecule has 0 unspecified atom stereocenters. The van der Waals surface area contributed by atoms with Crippen LogP contribution in [0, 0.1) is 0 Å². The molecule has 1 saturated carbocycles. The van der Waals surface area contributed by atoms with E-state index in [9.17, 15) is 0 Å². The minimum absolute atomic E-state index is 0.929. The van der Waals surface area contributed by atoms with E-state index in [4.69, 9.17) is 0 Å². The first-order valence-corrected chi connectivity index (χ1v) is 4.83. The zero-order chi connectivity index (χ0) is 8.10. The number of nitrogens with one attached hydrogen (secondary N) is 1. The van der Waals surface area contributed by atoms with Gasteiger partial charge in [0.05, 0.1) is 0 Å².